The number of aromatic nitrogens is 2. The lowest BCUT2D eigenvalue weighted by Crippen LogP contribution is -2.27. The molecule has 0 bridgehead atoms. The van der Waals surface area contributed by atoms with Crippen molar-refractivity contribution in [1.82, 2.24) is 9.55 Å². The number of amides is 1. The second kappa shape index (κ2) is 7.85. The molecule has 0 spiro atoms. The van der Waals surface area contributed by atoms with Gasteiger partial charge in [-0.25, -0.2) is 4.98 Å². The summed E-state index contributed by atoms with van der Waals surface area (Å²) in [6, 6.07) is 12.0. The SMILES string of the molecule is O=C(Cn1cnc(-c2ccc(C(F)(F)F)cc2)cc1=O)Nc1cccc(Cl)c1. The van der Waals surface area contributed by atoms with E-state index in [0.29, 0.717) is 16.3 Å². The number of anilines is 1. The lowest BCUT2D eigenvalue weighted by molar-refractivity contribution is -0.137. The van der Waals surface area contributed by atoms with Crippen molar-refractivity contribution in [3.63, 3.8) is 0 Å². The molecule has 3 aromatic rings. The van der Waals surface area contributed by atoms with Crippen molar-refractivity contribution in [2.24, 2.45) is 0 Å². The molecule has 2 aromatic carbocycles. The molecule has 5 nitrogen and oxygen atoms in total. The molecule has 3 rings (SSSR count). The van der Waals surface area contributed by atoms with Crippen molar-refractivity contribution >= 4 is 23.2 Å². The molecule has 0 fully saturated rings. The van der Waals surface area contributed by atoms with Gasteiger partial charge < -0.3 is 5.32 Å². The van der Waals surface area contributed by atoms with Crippen LogP contribution in [0, 0.1) is 0 Å². The molecular formula is C19H13ClF3N3O2. The summed E-state index contributed by atoms with van der Waals surface area (Å²) in [6.45, 7) is -0.272. The highest BCUT2D eigenvalue weighted by Crippen LogP contribution is 2.30. The summed E-state index contributed by atoms with van der Waals surface area (Å²) in [5.41, 5.74) is -0.237. The molecule has 1 heterocycles. The summed E-state index contributed by atoms with van der Waals surface area (Å²) in [4.78, 5) is 28.4. The Kier molecular flexibility index (Phi) is 5.51. The zero-order valence-electron chi connectivity index (χ0n) is 14.2. The Bertz CT molecular complexity index is 1060. The largest absolute Gasteiger partial charge is 0.416 e. The number of benzene rings is 2. The van der Waals surface area contributed by atoms with Crippen molar-refractivity contribution in [1.29, 1.82) is 0 Å². The quantitative estimate of drug-likeness (QED) is 0.704. The minimum Gasteiger partial charge on any atom is -0.324 e. The van der Waals surface area contributed by atoms with Crippen LogP contribution in [0.3, 0.4) is 0 Å². The maximum atomic E-state index is 12.6. The highest BCUT2D eigenvalue weighted by Gasteiger charge is 2.30. The number of carbonyl (C=O) groups is 1. The topological polar surface area (TPSA) is 64.0 Å². The van der Waals surface area contributed by atoms with Gasteiger partial charge in [-0.1, -0.05) is 29.8 Å². The van der Waals surface area contributed by atoms with Crippen LogP contribution in [0.25, 0.3) is 11.3 Å². The van der Waals surface area contributed by atoms with Crippen LogP contribution < -0.4 is 10.9 Å². The predicted octanol–water partition coefficient (Wildman–Crippen LogP) is 4.22. The number of rotatable bonds is 4. The van der Waals surface area contributed by atoms with Crippen LogP contribution in [0.15, 0.2) is 65.7 Å². The van der Waals surface area contributed by atoms with Crippen LogP contribution >= 0.6 is 11.6 Å². The van der Waals surface area contributed by atoms with E-state index in [-0.39, 0.29) is 12.2 Å². The first kappa shape index (κ1) is 19.6. The molecule has 28 heavy (non-hydrogen) atoms. The summed E-state index contributed by atoms with van der Waals surface area (Å²) < 4.78 is 39.0. The molecule has 0 radical (unpaired) electrons. The number of halogens is 4. The van der Waals surface area contributed by atoms with E-state index in [1.54, 1.807) is 24.3 Å². The van der Waals surface area contributed by atoms with E-state index < -0.39 is 23.2 Å². The Hall–Kier alpha value is -3.13. The summed E-state index contributed by atoms with van der Waals surface area (Å²) in [7, 11) is 0. The molecule has 1 aromatic heterocycles. The third-order valence-corrected chi connectivity index (χ3v) is 4.04. The minimum absolute atomic E-state index is 0.213. The number of hydrogen-bond acceptors (Lipinski definition) is 3. The normalized spacial score (nSPS) is 11.3. The van der Waals surface area contributed by atoms with E-state index in [1.807, 2.05) is 0 Å². The highest BCUT2D eigenvalue weighted by atomic mass is 35.5. The zero-order chi connectivity index (χ0) is 20.3. The lowest BCUT2D eigenvalue weighted by atomic mass is 10.1. The molecule has 1 amide bonds. The summed E-state index contributed by atoms with van der Waals surface area (Å²) in [5.74, 6) is -0.451. The minimum atomic E-state index is -4.44. The van der Waals surface area contributed by atoms with Crippen molar-refractivity contribution < 1.29 is 18.0 Å². The number of alkyl halides is 3. The van der Waals surface area contributed by atoms with Gasteiger partial charge in [0.05, 0.1) is 17.6 Å². The molecule has 9 heteroatoms. The fraction of sp³-hybridized carbons (Fsp3) is 0.105. The first-order valence-electron chi connectivity index (χ1n) is 8.02. The van der Waals surface area contributed by atoms with Gasteiger partial charge in [-0.2, -0.15) is 13.2 Å². The average Bonchev–Trinajstić information content (AvgIpc) is 2.63. The summed E-state index contributed by atoms with van der Waals surface area (Å²) in [6.07, 6.45) is -3.27. The number of carbonyl (C=O) groups excluding carboxylic acids is 1. The van der Waals surface area contributed by atoms with Crippen molar-refractivity contribution in [2.45, 2.75) is 12.7 Å². The molecule has 0 unspecified atom stereocenters. The van der Waals surface area contributed by atoms with Gasteiger partial charge in [0.1, 0.15) is 6.54 Å². The molecular weight excluding hydrogens is 395 g/mol. The van der Waals surface area contributed by atoms with Crippen molar-refractivity contribution in [2.75, 3.05) is 5.32 Å². The van der Waals surface area contributed by atoms with Crippen molar-refractivity contribution in [3.05, 3.63) is 81.9 Å². The number of hydrogen-bond donors (Lipinski definition) is 1. The van der Waals surface area contributed by atoms with Crippen LogP contribution in [0.1, 0.15) is 5.56 Å². The standard InChI is InChI=1S/C19H13ClF3N3O2/c20-14-2-1-3-15(8-14)25-17(27)10-26-11-24-16(9-18(26)28)12-4-6-13(7-5-12)19(21,22)23/h1-9,11H,10H2,(H,25,27). The van der Waals surface area contributed by atoms with Gasteiger partial charge in [-0.3, -0.25) is 14.2 Å². The van der Waals surface area contributed by atoms with E-state index in [1.165, 1.54) is 18.5 Å². The summed E-state index contributed by atoms with van der Waals surface area (Å²) >= 11 is 5.85. The van der Waals surface area contributed by atoms with Crippen LogP contribution in [0.5, 0.6) is 0 Å². The summed E-state index contributed by atoms with van der Waals surface area (Å²) in [5, 5.41) is 3.06. The fourth-order valence-corrected chi connectivity index (χ4v) is 2.64. The second-order valence-electron chi connectivity index (χ2n) is 5.87. The van der Waals surface area contributed by atoms with Gasteiger partial charge >= 0.3 is 6.18 Å². The predicted molar refractivity (Wildman–Crippen MR) is 99.0 cm³/mol. The van der Waals surface area contributed by atoms with E-state index in [9.17, 15) is 22.8 Å². The van der Waals surface area contributed by atoms with E-state index in [0.717, 1.165) is 22.8 Å². The van der Waals surface area contributed by atoms with E-state index in [2.05, 4.69) is 10.3 Å². The van der Waals surface area contributed by atoms with Crippen molar-refractivity contribution in [3.8, 4) is 11.3 Å². The van der Waals surface area contributed by atoms with Gasteiger partial charge in [0.2, 0.25) is 5.91 Å². The molecule has 0 saturated carbocycles. The van der Waals surface area contributed by atoms with Gasteiger partial charge in [0.15, 0.2) is 0 Å². The zero-order valence-corrected chi connectivity index (χ0v) is 15.0. The van der Waals surface area contributed by atoms with Crippen LogP contribution in [0.2, 0.25) is 5.02 Å². The molecule has 144 valence electrons. The van der Waals surface area contributed by atoms with E-state index in [4.69, 9.17) is 11.6 Å². The van der Waals surface area contributed by atoms with E-state index >= 15 is 0 Å². The molecule has 0 aliphatic carbocycles. The molecule has 0 atom stereocenters. The Morgan fingerprint density at radius 3 is 2.43 bits per heavy atom. The van der Waals surface area contributed by atoms with Crippen LogP contribution in [-0.4, -0.2) is 15.5 Å². The molecule has 0 saturated heterocycles. The first-order chi connectivity index (χ1) is 13.2. The Morgan fingerprint density at radius 2 is 1.82 bits per heavy atom. The highest BCUT2D eigenvalue weighted by molar-refractivity contribution is 6.30. The Balaban J connectivity index is 1.73. The number of nitrogens with zero attached hydrogens (tertiary/aromatic N) is 2. The monoisotopic (exact) mass is 407 g/mol. The Morgan fingerprint density at radius 1 is 1.11 bits per heavy atom. The first-order valence-corrected chi connectivity index (χ1v) is 8.40. The van der Waals surface area contributed by atoms with Gasteiger partial charge in [-0.15, -0.1) is 0 Å². The molecule has 0 aliphatic heterocycles. The molecule has 1 N–H and O–H groups in total. The third-order valence-electron chi connectivity index (χ3n) is 3.81. The van der Waals surface area contributed by atoms with Gasteiger partial charge in [0.25, 0.3) is 5.56 Å². The number of nitrogens with one attached hydrogen (secondary N) is 1. The lowest BCUT2D eigenvalue weighted by Gasteiger charge is -2.09. The smallest absolute Gasteiger partial charge is 0.324 e. The third kappa shape index (κ3) is 4.77. The Labute approximate surface area is 162 Å². The average molecular weight is 408 g/mol. The second-order valence-corrected chi connectivity index (χ2v) is 6.31. The van der Waals surface area contributed by atoms with Crippen LogP contribution in [-0.2, 0) is 17.5 Å². The van der Waals surface area contributed by atoms with Gasteiger partial charge in [0, 0.05) is 22.3 Å². The van der Waals surface area contributed by atoms with Gasteiger partial charge in [-0.05, 0) is 30.3 Å². The maximum absolute atomic E-state index is 12.6. The molecule has 0 aliphatic rings. The fourth-order valence-electron chi connectivity index (χ4n) is 2.45. The van der Waals surface area contributed by atoms with Crippen LogP contribution in [0.4, 0.5) is 18.9 Å². The maximum Gasteiger partial charge on any atom is 0.416 e.